The summed E-state index contributed by atoms with van der Waals surface area (Å²) in [5, 5.41) is 8.35. The van der Waals surface area contributed by atoms with E-state index >= 15 is 0 Å². The Morgan fingerprint density at radius 2 is 1.80 bits per heavy atom. The average molecular weight is 336 g/mol. The van der Waals surface area contributed by atoms with Gasteiger partial charge in [0.15, 0.2) is 5.65 Å². The molecule has 0 radical (unpaired) electrons. The van der Waals surface area contributed by atoms with Crippen LogP contribution in [0.25, 0.3) is 11.0 Å². The Labute approximate surface area is 148 Å². The summed E-state index contributed by atoms with van der Waals surface area (Å²) in [6, 6.07) is 7.89. The molecule has 1 amide bonds. The largest absolute Gasteiger partial charge is 0.321 e. The fraction of sp³-hybridized carbons (Fsp3) is 0.350. The number of carbonyl (C=O) groups excluding carboxylic acids is 1. The van der Waals surface area contributed by atoms with Crippen molar-refractivity contribution in [3.63, 3.8) is 0 Å². The molecule has 0 spiro atoms. The average Bonchev–Trinajstić information content (AvgIpc) is 2.84. The van der Waals surface area contributed by atoms with Crippen molar-refractivity contribution < 1.29 is 4.79 Å². The van der Waals surface area contributed by atoms with Crippen molar-refractivity contribution in [2.45, 2.75) is 40.5 Å². The van der Waals surface area contributed by atoms with Crippen LogP contribution in [0.15, 0.2) is 24.3 Å². The Balaban J connectivity index is 2.15. The molecule has 2 heterocycles. The summed E-state index contributed by atoms with van der Waals surface area (Å²) in [5.74, 6) is 0.106. The van der Waals surface area contributed by atoms with E-state index in [1.165, 1.54) is 0 Å². The molecular weight excluding hydrogens is 312 g/mol. The first kappa shape index (κ1) is 17.1. The zero-order chi connectivity index (χ0) is 18.3. The highest BCUT2D eigenvalue weighted by atomic mass is 16.1. The minimum Gasteiger partial charge on any atom is -0.321 e. The van der Waals surface area contributed by atoms with Crippen molar-refractivity contribution in [1.82, 2.24) is 14.8 Å². The smallest absolute Gasteiger partial charge is 0.256 e. The van der Waals surface area contributed by atoms with E-state index in [1.807, 2.05) is 52.1 Å². The highest BCUT2D eigenvalue weighted by Gasteiger charge is 2.20. The van der Waals surface area contributed by atoms with Crippen molar-refractivity contribution in [1.29, 1.82) is 0 Å². The number of rotatable bonds is 3. The summed E-state index contributed by atoms with van der Waals surface area (Å²) in [4.78, 5) is 17.8. The fourth-order valence-electron chi connectivity index (χ4n) is 3.13. The lowest BCUT2D eigenvalue weighted by Gasteiger charge is -2.14. The molecule has 1 N–H and O–H groups in total. The van der Waals surface area contributed by atoms with Crippen molar-refractivity contribution in [2.24, 2.45) is 7.05 Å². The maximum atomic E-state index is 13.1. The van der Waals surface area contributed by atoms with E-state index in [-0.39, 0.29) is 11.8 Å². The molecule has 130 valence electrons. The van der Waals surface area contributed by atoms with Gasteiger partial charge in [0.1, 0.15) is 0 Å². The summed E-state index contributed by atoms with van der Waals surface area (Å²) in [7, 11) is 1.86. The van der Waals surface area contributed by atoms with Gasteiger partial charge in [0.05, 0.1) is 16.6 Å². The number of pyridine rings is 1. The second kappa shape index (κ2) is 6.31. The van der Waals surface area contributed by atoms with E-state index in [0.717, 1.165) is 39.2 Å². The van der Waals surface area contributed by atoms with Crippen LogP contribution in [0.4, 0.5) is 5.69 Å². The van der Waals surface area contributed by atoms with Crippen LogP contribution >= 0.6 is 0 Å². The number of nitrogens with zero attached hydrogens (tertiary/aromatic N) is 3. The van der Waals surface area contributed by atoms with Gasteiger partial charge in [0, 0.05) is 18.4 Å². The summed E-state index contributed by atoms with van der Waals surface area (Å²) >= 11 is 0. The van der Waals surface area contributed by atoms with Crippen LogP contribution in [0.2, 0.25) is 0 Å². The predicted molar refractivity (Wildman–Crippen MR) is 101 cm³/mol. The van der Waals surface area contributed by atoms with Gasteiger partial charge < -0.3 is 5.32 Å². The lowest BCUT2D eigenvalue weighted by Crippen LogP contribution is -2.15. The molecule has 3 aromatic rings. The van der Waals surface area contributed by atoms with Gasteiger partial charge in [-0.25, -0.2) is 4.98 Å². The van der Waals surface area contributed by atoms with Gasteiger partial charge in [0.25, 0.3) is 5.91 Å². The number of nitrogens with one attached hydrogen (secondary N) is 1. The maximum Gasteiger partial charge on any atom is 0.256 e. The number of carbonyl (C=O) groups is 1. The zero-order valence-electron chi connectivity index (χ0n) is 15.6. The lowest BCUT2D eigenvalue weighted by atomic mass is 10.0. The Hall–Kier alpha value is -2.69. The van der Waals surface area contributed by atoms with E-state index in [1.54, 1.807) is 4.68 Å². The van der Waals surface area contributed by atoms with E-state index in [9.17, 15) is 4.79 Å². The van der Waals surface area contributed by atoms with Crippen molar-refractivity contribution in [3.05, 3.63) is 52.3 Å². The highest BCUT2D eigenvalue weighted by molar-refractivity contribution is 6.13. The number of aryl methyl sites for hydroxylation is 4. The van der Waals surface area contributed by atoms with Gasteiger partial charge in [-0.15, -0.1) is 0 Å². The third-order valence-electron chi connectivity index (χ3n) is 4.54. The molecular formula is C20H24N4O. The molecule has 0 saturated carbocycles. The zero-order valence-corrected chi connectivity index (χ0v) is 15.6. The summed E-state index contributed by atoms with van der Waals surface area (Å²) < 4.78 is 1.74. The van der Waals surface area contributed by atoms with Gasteiger partial charge in [0.2, 0.25) is 0 Å². The van der Waals surface area contributed by atoms with Crippen molar-refractivity contribution >= 4 is 22.6 Å². The van der Waals surface area contributed by atoms with Gasteiger partial charge >= 0.3 is 0 Å². The summed E-state index contributed by atoms with van der Waals surface area (Å²) in [6.07, 6.45) is 0. The van der Waals surface area contributed by atoms with Gasteiger partial charge in [-0.05, 0) is 43.9 Å². The molecule has 0 aliphatic heterocycles. The topological polar surface area (TPSA) is 59.8 Å². The molecule has 0 bridgehead atoms. The molecule has 2 aromatic heterocycles. The molecule has 0 atom stereocenters. The fourth-order valence-corrected chi connectivity index (χ4v) is 3.13. The standard InChI is InChI=1S/C20H24N4O/c1-11(2)16-10-15(17-14(5)23-24(6)19(17)21-16)20(25)22-18-12(3)8-7-9-13(18)4/h7-11H,1-6H3,(H,22,25). The number of benzene rings is 1. The maximum absolute atomic E-state index is 13.1. The van der Waals surface area contributed by atoms with Gasteiger partial charge in [-0.1, -0.05) is 32.0 Å². The molecule has 5 heteroatoms. The second-order valence-electron chi connectivity index (χ2n) is 6.88. The number of para-hydroxylation sites is 1. The first-order valence-corrected chi connectivity index (χ1v) is 8.51. The number of anilines is 1. The van der Waals surface area contributed by atoms with Crippen molar-refractivity contribution in [2.75, 3.05) is 5.32 Å². The Bertz CT molecular complexity index is 949. The van der Waals surface area contributed by atoms with E-state index < -0.39 is 0 Å². The number of hydrogen-bond donors (Lipinski definition) is 1. The normalized spacial score (nSPS) is 11.3. The van der Waals surface area contributed by atoms with Crippen LogP contribution in [0.1, 0.15) is 52.6 Å². The third kappa shape index (κ3) is 3.02. The van der Waals surface area contributed by atoms with Gasteiger partial charge in [-0.3, -0.25) is 9.48 Å². The third-order valence-corrected chi connectivity index (χ3v) is 4.54. The molecule has 5 nitrogen and oxygen atoms in total. The SMILES string of the molecule is Cc1cccc(C)c1NC(=O)c1cc(C(C)C)nc2c1c(C)nn2C. The first-order chi connectivity index (χ1) is 11.8. The molecule has 0 unspecified atom stereocenters. The summed E-state index contributed by atoms with van der Waals surface area (Å²) in [6.45, 7) is 10.1. The van der Waals surface area contributed by atoms with Crippen LogP contribution < -0.4 is 5.32 Å². The second-order valence-corrected chi connectivity index (χ2v) is 6.88. The Morgan fingerprint density at radius 3 is 2.40 bits per heavy atom. The molecule has 25 heavy (non-hydrogen) atoms. The molecule has 3 rings (SSSR count). The highest BCUT2D eigenvalue weighted by Crippen LogP contribution is 2.27. The van der Waals surface area contributed by atoms with Crippen LogP contribution in [0.5, 0.6) is 0 Å². The van der Waals surface area contributed by atoms with E-state index in [0.29, 0.717) is 5.56 Å². The van der Waals surface area contributed by atoms with Crippen LogP contribution in [-0.4, -0.2) is 20.7 Å². The number of fused-ring (bicyclic) bond motifs is 1. The van der Waals surface area contributed by atoms with E-state index in [4.69, 9.17) is 4.98 Å². The van der Waals surface area contributed by atoms with Crippen molar-refractivity contribution in [3.8, 4) is 0 Å². The van der Waals surface area contributed by atoms with Crippen LogP contribution in [0.3, 0.4) is 0 Å². The van der Waals surface area contributed by atoms with Crippen LogP contribution in [-0.2, 0) is 7.05 Å². The Kier molecular flexibility index (Phi) is 4.33. The number of aromatic nitrogens is 3. The van der Waals surface area contributed by atoms with Gasteiger partial charge in [-0.2, -0.15) is 5.10 Å². The first-order valence-electron chi connectivity index (χ1n) is 8.51. The lowest BCUT2D eigenvalue weighted by molar-refractivity contribution is 0.102. The predicted octanol–water partition coefficient (Wildman–Crippen LogP) is 4.27. The minimum absolute atomic E-state index is 0.122. The quantitative estimate of drug-likeness (QED) is 0.777. The molecule has 0 aliphatic rings. The Morgan fingerprint density at radius 1 is 1.16 bits per heavy atom. The monoisotopic (exact) mass is 336 g/mol. The molecule has 1 aromatic carbocycles. The van der Waals surface area contributed by atoms with E-state index in [2.05, 4.69) is 24.3 Å². The molecule has 0 fully saturated rings. The summed E-state index contributed by atoms with van der Waals surface area (Å²) in [5.41, 5.74) is 6.04. The minimum atomic E-state index is -0.122. The number of hydrogen-bond acceptors (Lipinski definition) is 3. The molecule has 0 saturated heterocycles. The number of amides is 1. The molecule has 0 aliphatic carbocycles. The van der Waals surface area contributed by atoms with Crippen LogP contribution in [0, 0.1) is 20.8 Å².